The van der Waals surface area contributed by atoms with E-state index < -0.39 is 11.9 Å². The zero-order chi connectivity index (χ0) is 22.7. The van der Waals surface area contributed by atoms with E-state index in [2.05, 4.69) is 6.07 Å². The van der Waals surface area contributed by atoms with Crippen molar-refractivity contribution in [1.82, 2.24) is 0 Å². The Bertz CT molecular complexity index is 1280. The van der Waals surface area contributed by atoms with Crippen molar-refractivity contribution in [3.05, 3.63) is 94.9 Å². The fourth-order valence-corrected chi connectivity index (χ4v) is 3.95. The van der Waals surface area contributed by atoms with Gasteiger partial charge in [-0.3, -0.25) is 0 Å². The van der Waals surface area contributed by atoms with E-state index in [-0.39, 0.29) is 29.4 Å². The molecule has 0 radical (unpaired) electrons. The average molecular weight is 426 g/mol. The van der Waals surface area contributed by atoms with Crippen LogP contribution in [-0.2, 0) is 14.3 Å². The predicted molar refractivity (Wildman–Crippen MR) is 121 cm³/mol. The summed E-state index contributed by atoms with van der Waals surface area (Å²) in [6.07, 6.45) is 0. The Morgan fingerprint density at radius 1 is 1.09 bits per heavy atom. The molecule has 4 rings (SSSR count). The maximum absolute atomic E-state index is 13.2. The largest absolute Gasteiger partial charge is 0.497 e. The van der Waals surface area contributed by atoms with E-state index in [0.717, 1.165) is 16.3 Å². The molecule has 0 saturated carbocycles. The van der Waals surface area contributed by atoms with Gasteiger partial charge in [0.05, 0.1) is 25.2 Å². The summed E-state index contributed by atoms with van der Waals surface area (Å²) in [6, 6.07) is 22.8. The lowest BCUT2D eigenvalue weighted by atomic mass is 9.80. The van der Waals surface area contributed by atoms with Gasteiger partial charge in [0.1, 0.15) is 23.2 Å². The lowest BCUT2D eigenvalue weighted by Gasteiger charge is -2.29. The van der Waals surface area contributed by atoms with Crippen LogP contribution in [0.1, 0.15) is 24.0 Å². The number of ether oxygens (including phenoxy) is 3. The quantitative estimate of drug-likeness (QED) is 0.598. The molecule has 6 nitrogen and oxygen atoms in total. The molecule has 1 heterocycles. The Morgan fingerprint density at radius 2 is 1.81 bits per heavy atom. The first-order valence-electron chi connectivity index (χ1n) is 10.2. The van der Waals surface area contributed by atoms with Gasteiger partial charge in [-0.25, -0.2) is 4.79 Å². The van der Waals surface area contributed by atoms with Crippen LogP contribution in [0, 0.1) is 11.3 Å². The molecule has 3 aromatic carbocycles. The fourth-order valence-electron chi connectivity index (χ4n) is 3.95. The number of nitrogens with two attached hydrogens (primary N) is 1. The molecule has 160 valence electrons. The summed E-state index contributed by atoms with van der Waals surface area (Å²) >= 11 is 0. The van der Waals surface area contributed by atoms with E-state index in [1.165, 1.54) is 0 Å². The molecule has 1 aliphatic rings. The second-order valence-electron chi connectivity index (χ2n) is 7.18. The molecule has 1 atom stereocenters. The molecule has 0 aromatic heterocycles. The average Bonchev–Trinajstić information content (AvgIpc) is 2.83. The van der Waals surface area contributed by atoms with Crippen molar-refractivity contribution < 1.29 is 19.0 Å². The predicted octanol–water partition coefficient (Wildman–Crippen LogP) is 4.63. The summed E-state index contributed by atoms with van der Waals surface area (Å²) in [5.41, 5.74) is 8.01. The van der Waals surface area contributed by atoms with Crippen molar-refractivity contribution >= 4 is 22.5 Å². The van der Waals surface area contributed by atoms with Gasteiger partial charge in [-0.05, 0) is 47.5 Å². The van der Waals surface area contributed by atoms with Crippen LogP contribution in [0.2, 0.25) is 0 Å². The molecular formula is C26H22N2O4. The number of esters is 1. The monoisotopic (exact) mass is 426 g/mol. The van der Waals surface area contributed by atoms with Gasteiger partial charge in [0.2, 0.25) is 5.88 Å². The van der Waals surface area contributed by atoms with Crippen molar-refractivity contribution in [1.29, 1.82) is 5.26 Å². The number of nitriles is 1. The highest BCUT2D eigenvalue weighted by atomic mass is 16.5. The van der Waals surface area contributed by atoms with Gasteiger partial charge in [0.15, 0.2) is 0 Å². The molecule has 0 aliphatic carbocycles. The van der Waals surface area contributed by atoms with Gasteiger partial charge in [0, 0.05) is 5.56 Å². The summed E-state index contributed by atoms with van der Waals surface area (Å²) in [7, 11) is 1.58. The van der Waals surface area contributed by atoms with Crippen molar-refractivity contribution in [2.75, 3.05) is 13.7 Å². The summed E-state index contributed by atoms with van der Waals surface area (Å²) in [5, 5.41) is 11.9. The normalized spacial score (nSPS) is 15.8. The van der Waals surface area contributed by atoms with Gasteiger partial charge < -0.3 is 19.9 Å². The number of fused-ring (bicyclic) bond motifs is 1. The first-order chi connectivity index (χ1) is 15.6. The number of hydrogen-bond donors (Lipinski definition) is 1. The maximum atomic E-state index is 13.2. The Labute approximate surface area is 186 Å². The number of benzene rings is 3. The number of rotatable bonds is 5. The van der Waals surface area contributed by atoms with Crippen LogP contribution in [0.3, 0.4) is 0 Å². The summed E-state index contributed by atoms with van der Waals surface area (Å²) in [6.45, 7) is 1.92. The highest BCUT2D eigenvalue weighted by Gasteiger charge is 2.38. The number of methoxy groups -OCH3 is 1. The molecule has 0 bridgehead atoms. The Morgan fingerprint density at radius 3 is 2.50 bits per heavy atom. The van der Waals surface area contributed by atoms with Gasteiger partial charge in [-0.15, -0.1) is 0 Å². The summed E-state index contributed by atoms with van der Waals surface area (Å²) in [4.78, 5) is 13.2. The summed E-state index contributed by atoms with van der Waals surface area (Å²) < 4.78 is 16.5. The SMILES string of the molecule is CCOC(=O)C1=C(c2ccc(OC)cc2)OC(N)=C(C#N)C1c1cccc2ccccc12. The third kappa shape index (κ3) is 3.65. The Kier molecular flexibility index (Phi) is 5.82. The third-order valence-electron chi connectivity index (χ3n) is 5.40. The highest BCUT2D eigenvalue weighted by Crippen LogP contribution is 2.44. The van der Waals surface area contributed by atoms with Crippen molar-refractivity contribution in [3.8, 4) is 11.8 Å². The molecule has 0 spiro atoms. The van der Waals surface area contributed by atoms with E-state index in [0.29, 0.717) is 11.3 Å². The summed E-state index contributed by atoms with van der Waals surface area (Å²) in [5.74, 6) is -0.410. The van der Waals surface area contributed by atoms with E-state index >= 15 is 0 Å². The van der Waals surface area contributed by atoms with Crippen LogP contribution in [0.4, 0.5) is 0 Å². The lowest BCUT2D eigenvalue weighted by Crippen LogP contribution is -2.26. The minimum absolute atomic E-state index is 0.0377. The molecule has 1 unspecified atom stereocenters. The second-order valence-corrected chi connectivity index (χ2v) is 7.18. The molecule has 0 amide bonds. The van der Waals surface area contributed by atoms with Crippen LogP contribution >= 0.6 is 0 Å². The van der Waals surface area contributed by atoms with E-state index in [1.54, 1.807) is 38.3 Å². The van der Waals surface area contributed by atoms with Crippen LogP contribution in [-0.4, -0.2) is 19.7 Å². The first-order valence-corrected chi connectivity index (χ1v) is 10.2. The van der Waals surface area contributed by atoms with Crippen molar-refractivity contribution in [2.24, 2.45) is 5.73 Å². The minimum Gasteiger partial charge on any atom is -0.497 e. The van der Waals surface area contributed by atoms with Gasteiger partial charge in [-0.2, -0.15) is 5.26 Å². The molecule has 2 N–H and O–H groups in total. The first kappa shape index (κ1) is 21.0. The minimum atomic E-state index is -0.740. The molecule has 3 aromatic rings. The van der Waals surface area contributed by atoms with E-state index in [1.807, 2.05) is 42.5 Å². The molecule has 0 fully saturated rings. The molecule has 32 heavy (non-hydrogen) atoms. The molecular weight excluding hydrogens is 404 g/mol. The molecule has 0 saturated heterocycles. The number of carbonyl (C=O) groups excluding carboxylic acids is 1. The van der Waals surface area contributed by atoms with Crippen LogP contribution in [0.15, 0.2) is 83.8 Å². The third-order valence-corrected chi connectivity index (χ3v) is 5.40. The van der Waals surface area contributed by atoms with Crippen LogP contribution in [0.25, 0.3) is 16.5 Å². The number of allylic oxidation sites excluding steroid dienone is 1. The van der Waals surface area contributed by atoms with E-state index in [4.69, 9.17) is 19.9 Å². The second kappa shape index (κ2) is 8.86. The Balaban J connectivity index is 2.01. The number of carbonyl (C=O) groups is 1. The zero-order valence-corrected chi connectivity index (χ0v) is 17.8. The smallest absolute Gasteiger partial charge is 0.338 e. The van der Waals surface area contributed by atoms with Crippen LogP contribution < -0.4 is 10.5 Å². The van der Waals surface area contributed by atoms with E-state index in [9.17, 15) is 10.1 Å². The topological polar surface area (TPSA) is 94.6 Å². The lowest BCUT2D eigenvalue weighted by molar-refractivity contribution is -0.138. The molecule has 1 aliphatic heterocycles. The maximum Gasteiger partial charge on any atom is 0.338 e. The van der Waals surface area contributed by atoms with Crippen molar-refractivity contribution in [2.45, 2.75) is 12.8 Å². The van der Waals surface area contributed by atoms with Gasteiger partial charge in [0.25, 0.3) is 0 Å². The number of hydrogen-bond acceptors (Lipinski definition) is 6. The highest BCUT2D eigenvalue weighted by molar-refractivity contribution is 6.01. The van der Waals surface area contributed by atoms with Crippen LogP contribution in [0.5, 0.6) is 5.75 Å². The standard InChI is InChI=1S/C26H22N2O4/c1-3-31-26(29)23-22(20-10-6-8-16-7-4-5-9-19(16)20)21(15-27)25(28)32-24(23)17-11-13-18(30-2)14-12-17/h4-14,22H,3,28H2,1-2H3. The van der Waals surface area contributed by atoms with Crippen molar-refractivity contribution in [3.63, 3.8) is 0 Å². The van der Waals surface area contributed by atoms with Gasteiger partial charge in [-0.1, -0.05) is 42.5 Å². The Hall–Kier alpha value is -4.24. The number of nitrogens with zero attached hydrogens (tertiary/aromatic N) is 1. The van der Waals surface area contributed by atoms with Gasteiger partial charge >= 0.3 is 5.97 Å². The zero-order valence-electron chi connectivity index (χ0n) is 17.8. The molecule has 6 heteroatoms. The fraction of sp³-hybridized carbons (Fsp3) is 0.154.